The number of benzene rings is 2. The zero-order valence-corrected chi connectivity index (χ0v) is 14.5. The van der Waals surface area contributed by atoms with E-state index in [0.29, 0.717) is 27.9 Å². The summed E-state index contributed by atoms with van der Waals surface area (Å²) in [5.74, 6) is -0.627. The topological polar surface area (TPSA) is 78.4 Å². The molecule has 1 unspecified atom stereocenters. The summed E-state index contributed by atoms with van der Waals surface area (Å²) in [7, 11) is 0. The Balaban J connectivity index is 1.62. The average Bonchev–Trinajstić information content (AvgIpc) is 2.56. The number of amides is 1. The Kier molecular flexibility index (Phi) is 5.15. The highest BCUT2D eigenvalue weighted by molar-refractivity contribution is 7.98. The summed E-state index contributed by atoms with van der Waals surface area (Å²) in [5, 5.41) is 15.2. The summed E-state index contributed by atoms with van der Waals surface area (Å²) >= 11 is 7.49. The molecule has 3 rings (SSSR count). The van der Waals surface area contributed by atoms with Gasteiger partial charge in [-0.05, 0) is 35.9 Å². The predicted molar refractivity (Wildman–Crippen MR) is 97.0 cm³/mol. The van der Waals surface area contributed by atoms with E-state index in [2.05, 4.69) is 10.6 Å². The zero-order valence-electron chi connectivity index (χ0n) is 12.9. The van der Waals surface area contributed by atoms with Crippen molar-refractivity contribution in [3.8, 4) is 0 Å². The number of anilines is 2. The number of carboxylic acid groups (broad SMARTS) is 1. The molecule has 25 heavy (non-hydrogen) atoms. The number of fused-ring (bicyclic) bond motifs is 1. The third-order valence-electron chi connectivity index (χ3n) is 3.73. The van der Waals surface area contributed by atoms with E-state index in [1.165, 1.54) is 36.0 Å². The van der Waals surface area contributed by atoms with Crippen LogP contribution in [0.3, 0.4) is 0 Å². The van der Waals surface area contributed by atoms with Crippen LogP contribution in [0.25, 0.3) is 0 Å². The maximum atomic E-state index is 13.0. The van der Waals surface area contributed by atoms with E-state index in [9.17, 15) is 14.0 Å². The lowest BCUT2D eigenvalue weighted by Crippen LogP contribution is -2.40. The molecule has 0 aromatic heterocycles. The van der Waals surface area contributed by atoms with E-state index in [1.807, 2.05) is 0 Å². The monoisotopic (exact) mass is 380 g/mol. The van der Waals surface area contributed by atoms with Gasteiger partial charge in [0.05, 0.1) is 16.9 Å². The molecule has 0 aliphatic carbocycles. The van der Waals surface area contributed by atoms with Crippen molar-refractivity contribution in [3.63, 3.8) is 0 Å². The minimum Gasteiger partial charge on any atom is -0.478 e. The van der Waals surface area contributed by atoms with E-state index in [4.69, 9.17) is 16.7 Å². The third-order valence-corrected chi connectivity index (χ3v) is 5.16. The van der Waals surface area contributed by atoms with Crippen LogP contribution in [-0.2, 0) is 10.5 Å². The Morgan fingerprint density at radius 3 is 2.76 bits per heavy atom. The molecule has 1 aliphatic rings. The van der Waals surface area contributed by atoms with Crippen molar-refractivity contribution in [1.82, 2.24) is 0 Å². The van der Waals surface area contributed by atoms with Gasteiger partial charge in [-0.15, -0.1) is 0 Å². The number of carboxylic acids is 1. The SMILES string of the molecule is O=C(O)c1ccc2c(c1)NC(=O)C(CSCc1ccc(F)cc1Cl)N2. The van der Waals surface area contributed by atoms with Gasteiger partial charge in [0.2, 0.25) is 5.91 Å². The highest BCUT2D eigenvalue weighted by atomic mass is 35.5. The summed E-state index contributed by atoms with van der Waals surface area (Å²) in [6.07, 6.45) is 0. The van der Waals surface area contributed by atoms with Gasteiger partial charge in [-0.3, -0.25) is 4.79 Å². The molecule has 0 bridgehead atoms. The van der Waals surface area contributed by atoms with Crippen LogP contribution in [0.1, 0.15) is 15.9 Å². The lowest BCUT2D eigenvalue weighted by atomic mass is 10.1. The lowest BCUT2D eigenvalue weighted by Gasteiger charge is -2.26. The van der Waals surface area contributed by atoms with Crippen LogP contribution in [-0.4, -0.2) is 28.8 Å². The molecule has 3 N–H and O–H groups in total. The van der Waals surface area contributed by atoms with Crippen LogP contribution in [0.2, 0.25) is 5.02 Å². The van der Waals surface area contributed by atoms with E-state index >= 15 is 0 Å². The van der Waals surface area contributed by atoms with Crippen molar-refractivity contribution in [3.05, 3.63) is 58.4 Å². The zero-order chi connectivity index (χ0) is 18.0. The number of aromatic carboxylic acids is 1. The summed E-state index contributed by atoms with van der Waals surface area (Å²) in [4.78, 5) is 23.2. The molecule has 0 radical (unpaired) electrons. The number of halogens is 2. The second-order valence-electron chi connectivity index (χ2n) is 5.50. The van der Waals surface area contributed by atoms with Crippen molar-refractivity contribution >= 4 is 46.6 Å². The van der Waals surface area contributed by atoms with E-state index < -0.39 is 12.0 Å². The van der Waals surface area contributed by atoms with Crippen LogP contribution in [0.5, 0.6) is 0 Å². The minimum absolute atomic E-state index is 0.111. The molecule has 2 aromatic rings. The molecule has 1 atom stereocenters. The molecule has 0 fully saturated rings. The fourth-order valence-electron chi connectivity index (χ4n) is 2.42. The van der Waals surface area contributed by atoms with Crippen molar-refractivity contribution in [2.45, 2.75) is 11.8 Å². The van der Waals surface area contributed by atoms with Gasteiger partial charge in [0.25, 0.3) is 0 Å². The van der Waals surface area contributed by atoms with Gasteiger partial charge >= 0.3 is 5.97 Å². The molecule has 8 heteroatoms. The smallest absolute Gasteiger partial charge is 0.335 e. The Morgan fingerprint density at radius 1 is 1.24 bits per heavy atom. The normalized spacial score (nSPS) is 15.9. The Hall–Kier alpha value is -2.25. The van der Waals surface area contributed by atoms with Gasteiger partial charge in [0.15, 0.2) is 0 Å². The second kappa shape index (κ2) is 7.33. The van der Waals surface area contributed by atoms with E-state index in [1.54, 1.807) is 12.1 Å². The molecular weight excluding hydrogens is 367 g/mol. The van der Waals surface area contributed by atoms with Crippen LogP contribution in [0.15, 0.2) is 36.4 Å². The summed E-state index contributed by atoms with van der Waals surface area (Å²) in [6.45, 7) is 0. The molecule has 0 saturated heterocycles. The Bertz CT molecular complexity index is 847. The summed E-state index contributed by atoms with van der Waals surface area (Å²) in [6, 6.07) is 8.32. The van der Waals surface area contributed by atoms with Gasteiger partial charge in [0, 0.05) is 16.5 Å². The average molecular weight is 381 g/mol. The number of carbonyl (C=O) groups is 2. The van der Waals surface area contributed by atoms with Crippen LogP contribution >= 0.6 is 23.4 Å². The van der Waals surface area contributed by atoms with Gasteiger partial charge < -0.3 is 15.7 Å². The highest BCUT2D eigenvalue weighted by Gasteiger charge is 2.26. The van der Waals surface area contributed by atoms with E-state index in [0.717, 1.165) is 5.56 Å². The maximum absolute atomic E-state index is 13.0. The number of carbonyl (C=O) groups excluding carboxylic acids is 1. The van der Waals surface area contributed by atoms with Gasteiger partial charge in [-0.2, -0.15) is 11.8 Å². The predicted octanol–water partition coefficient (Wildman–Crippen LogP) is 3.84. The number of thioether (sulfide) groups is 1. The van der Waals surface area contributed by atoms with Gasteiger partial charge in [-0.1, -0.05) is 17.7 Å². The molecule has 5 nitrogen and oxygen atoms in total. The third kappa shape index (κ3) is 4.05. The van der Waals surface area contributed by atoms with Gasteiger partial charge in [-0.25, -0.2) is 9.18 Å². The Morgan fingerprint density at radius 2 is 2.04 bits per heavy atom. The van der Waals surface area contributed by atoms with Crippen LogP contribution in [0, 0.1) is 5.82 Å². The fourth-order valence-corrected chi connectivity index (χ4v) is 3.80. The molecule has 2 aromatic carbocycles. The second-order valence-corrected chi connectivity index (χ2v) is 6.94. The molecular formula is C17H14ClFN2O3S. The standard InChI is InChI=1S/C17H14ClFN2O3S/c18-12-6-11(19)3-1-10(12)7-25-8-15-16(22)21-14-5-9(17(23)24)2-4-13(14)20-15/h1-6,15,20H,7-8H2,(H,21,22)(H,23,24). The highest BCUT2D eigenvalue weighted by Crippen LogP contribution is 2.29. The molecule has 0 spiro atoms. The summed E-state index contributed by atoms with van der Waals surface area (Å²) in [5.41, 5.74) is 2.04. The Labute approximate surface area is 152 Å². The number of hydrogen-bond donors (Lipinski definition) is 3. The first-order chi connectivity index (χ1) is 11.9. The molecule has 1 heterocycles. The van der Waals surface area contributed by atoms with Crippen molar-refractivity contribution in [2.75, 3.05) is 16.4 Å². The van der Waals surface area contributed by atoms with Crippen LogP contribution in [0.4, 0.5) is 15.8 Å². The minimum atomic E-state index is -1.05. The van der Waals surface area contributed by atoms with Crippen molar-refractivity contribution in [2.24, 2.45) is 0 Å². The van der Waals surface area contributed by atoms with E-state index in [-0.39, 0.29) is 17.3 Å². The number of nitrogens with one attached hydrogen (secondary N) is 2. The summed E-state index contributed by atoms with van der Waals surface area (Å²) < 4.78 is 13.0. The first-order valence-electron chi connectivity index (χ1n) is 7.40. The molecule has 0 saturated carbocycles. The lowest BCUT2D eigenvalue weighted by molar-refractivity contribution is -0.116. The first kappa shape index (κ1) is 17.6. The maximum Gasteiger partial charge on any atom is 0.335 e. The van der Waals surface area contributed by atoms with Crippen molar-refractivity contribution < 1.29 is 19.1 Å². The number of hydrogen-bond acceptors (Lipinski definition) is 4. The fraction of sp³-hybridized carbons (Fsp3) is 0.176. The van der Waals surface area contributed by atoms with Gasteiger partial charge in [0.1, 0.15) is 11.9 Å². The number of rotatable bonds is 5. The molecule has 1 aliphatic heterocycles. The van der Waals surface area contributed by atoms with Crippen molar-refractivity contribution in [1.29, 1.82) is 0 Å². The van der Waals surface area contributed by atoms with Crippen LogP contribution < -0.4 is 10.6 Å². The quantitative estimate of drug-likeness (QED) is 0.734. The molecule has 1 amide bonds. The molecule has 130 valence electrons. The largest absolute Gasteiger partial charge is 0.478 e. The first-order valence-corrected chi connectivity index (χ1v) is 8.94.